The Morgan fingerprint density at radius 2 is 2.00 bits per heavy atom. The second kappa shape index (κ2) is 7.87. The number of fused-ring (bicyclic) bond motifs is 3. The summed E-state index contributed by atoms with van der Waals surface area (Å²) in [4.78, 5) is 2.32. The molecular formula is C20H28F3NO3. The van der Waals surface area contributed by atoms with Gasteiger partial charge in [0.1, 0.15) is 6.61 Å². The van der Waals surface area contributed by atoms with Crippen molar-refractivity contribution in [1.29, 1.82) is 0 Å². The molecule has 2 aliphatic heterocycles. The van der Waals surface area contributed by atoms with Crippen LogP contribution in [0.25, 0.3) is 0 Å². The summed E-state index contributed by atoms with van der Waals surface area (Å²) in [6, 6.07) is 1.84. The van der Waals surface area contributed by atoms with E-state index in [9.17, 15) is 8.78 Å². The summed E-state index contributed by atoms with van der Waals surface area (Å²) in [5.41, 5.74) is 1.22. The minimum Gasteiger partial charge on any atom is -0.493 e. The van der Waals surface area contributed by atoms with Crippen LogP contribution >= 0.6 is 0 Å². The highest BCUT2D eigenvalue weighted by Crippen LogP contribution is 2.44. The Morgan fingerprint density at radius 1 is 1.26 bits per heavy atom. The fourth-order valence-corrected chi connectivity index (χ4v) is 4.11. The zero-order valence-corrected chi connectivity index (χ0v) is 16.4. The summed E-state index contributed by atoms with van der Waals surface area (Å²) >= 11 is 0. The van der Waals surface area contributed by atoms with Gasteiger partial charge in [-0.25, -0.2) is 13.2 Å². The van der Waals surface area contributed by atoms with E-state index in [-0.39, 0.29) is 29.2 Å². The van der Waals surface area contributed by atoms with Crippen LogP contribution in [0.4, 0.5) is 13.2 Å². The molecule has 0 amide bonds. The smallest absolute Gasteiger partial charge is 0.272 e. The molecule has 1 aromatic rings. The van der Waals surface area contributed by atoms with Gasteiger partial charge < -0.3 is 14.2 Å². The second-order valence-corrected chi connectivity index (χ2v) is 8.18. The number of nitrogens with zero attached hydrogens (tertiary/aromatic N) is 1. The maximum absolute atomic E-state index is 15.0. The van der Waals surface area contributed by atoms with Crippen LogP contribution in [0.2, 0.25) is 0 Å². The number of rotatable bonds is 5. The van der Waals surface area contributed by atoms with Gasteiger partial charge in [0.15, 0.2) is 17.3 Å². The Bertz CT molecular complexity index is 675. The summed E-state index contributed by atoms with van der Waals surface area (Å²) in [5.74, 6) is -0.616. The molecular weight excluding hydrogens is 359 g/mol. The zero-order chi connectivity index (χ0) is 19.8. The van der Waals surface area contributed by atoms with E-state index in [1.807, 2.05) is 20.8 Å². The van der Waals surface area contributed by atoms with Crippen LogP contribution in [0, 0.1) is 5.82 Å². The first-order valence-corrected chi connectivity index (χ1v) is 9.41. The first-order valence-electron chi connectivity index (χ1n) is 9.41. The predicted molar refractivity (Wildman–Crippen MR) is 96.3 cm³/mol. The Balaban J connectivity index is 1.84. The molecule has 0 bridgehead atoms. The highest BCUT2D eigenvalue weighted by molar-refractivity contribution is 5.51. The van der Waals surface area contributed by atoms with Gasteiger partial charge in [0.2, 0.25) is 0 Å². The van der Waals surface area contributed by atoms with Crippen molar-refractivity contribution < 1.29 is 27.4 Å². The van der Waals surface area contributed by atoms with Crippen molar-refractivity contribution in [2.75, 3.05) is 26.8 Å². The lowest BCUT2D eigenvalue weighted by Gasteiger charge is -2.45. The normalized spacial score (nSPS) is 23.1. The third-order valence-corrected chi connectivity index (χ3v) is 5.07. The lowest BCUT2D eigenvalue weighted by molar-refractivity contribution is -0.0972. The first-order chi connectivity index (χ1) is 12.7. The summed E-state index contributed by atoms with van der Waals surface area (Å²) in [6.45, 7) is 6.80. The van der Waals surface area contributed by atoms with Crippen molar-refractivity contribution in [2.45, 2.75) is 64.2 Å². The molecule has 2 unspecified atom stereocenters. The van der Waals surface area contributed by atoms with Crippen molar-refractivity contribution in [1.82, 2.24) is 4.90 Å². The Hall–Kier alpha value is -1.47. The third kappa shape index (κ3) is 4.51. The lowest BCUT2D eigenvalue weighted by Crippen LogP contribution is -2.47. The number of hydrogen-bond donors (Lipinski definition) is 0. The Morgan fingerprint density at radius 3 is 2.63 bits per heavy atom. The molecule has 0 radical (unpaired) electrons. The van der Waals surface area contributed by atoms with Gasteiger partial charge in [0, 0.05) is 19.1 Å². The number of halogens is 3. The number of ether oxygens (including phenoxy) is 3. The van der Waals surface area contributed by atoms with Crippen molar-refractivity contribution in [3.63, 3.8) is 0 Å². The van der Waals surface area contributed by atoms with Crippen LogP contribution in [0.5, 0.6) is 11.5 Å². The molecule has 3 rings (SSSR count). The fraction of sp³-hybridized carbons (Fsp3) is 0.700. The van der Waals surface area contributed by atoms with E-state index in [1.165, 1.54) is 7.11 Å². The standard InChI is InChI=1S/C20H28F3NO3/c1-20(2,3)27-12-5-6-15-14-9-16(25-4)19(26-11-17(21)22)18(23)13(14)7-8-24(15)10-12/h9,12,15,17H,5-8,10-11H2,1-4H3. The molecule has 2 aliphatic rings. The highest BCUT2D eigenvalue weighted by atomic mass is 19.3. The highest BCUT2D eigenvalue weighted by Gasteiger charge is 2.37. The predicted octanol–water partition coefficient (Wildman–Crippen LogP) is 4.35. The quantitative estimate of drug-likeness (QED) is 0.751. The lowest BCUT2D eigenvalue weighted by atomic mass is 9.85. The molecule has 0 aromatic heterocycles. The molecule has 0 spiro atoms. The molecule has 1 aromatic carbocycles. The van der Waals surface area contributed by atoms with Crippen molar-refractivity contribution in [3.05, 3.63) is 23.0 Å². The van der Waals surface area contributed by atoms with E-state index < -0.39 is 18.8 Å². The molecule has 2 atom stereocenters. The van der Waals surface area contributed by atoms with Crippen molar-refractivity contribution >= 4 is 0 Å². The zero-order valence-electron chi connectivity index (χ0n) is 16.4. The molecule has 0 N–H and O–H groups in total. The van der Waals surface area contributed by atoms with Crippen LogP contribution in [-0.4, -0.2) is 49.8 Å². The van der Waals surface area contributed by atoms with Gasteiger partial charge in [-0.05, 0) is 57.2 Å². The van der Waals surface area contributed by atoms with Crippen LogP contribution in [0.3, 0.4) is 0 Å². The van der Waals surface area contributed by atoms with Gasteiger partial charge >= 0.3 is 0 Å². The second-order valence-electron chi connectivity index (χ2n) is 8.18. The Labute approximate surface area is 158 Å². The minimum atomic E-state index is -2.67. The Kier molecular flexibility index (Phi) is 5.91. The summed E-state index contributed by atoms with van der Waals surface area (Å²) in [6.07, 6.45) is -0.254. The van der Waals surface area contributed by atoms with Gasteiger partial charge in [-0.3, -0.25) is 4.90 Å². The molecule has 152 valence electrons. The number of hydrogen-bond acceptors (Lipinski definition) is 4. The van der Waals surface area contributed by atoms with Gasteiger partial charge in [0.05, 0.1) is 18.8 Å². The average Bonchev–Trinajstić information content (AvgIpc) is 2.58. The van der Waals surface area contributed by atoms with Gasteiger partial charge in [0.25, 0.3) is 6.43 Å². The number of piperidine rings is 1. The number of benzene rings is 1. The summed E-state index contributed by atoms with van der Waals surface area (Å²) in [7, 11) is 1.39. The number of methoxy groups -OCH3 is 1. The van der Waals surface area contributed by atoms with E-state index in [0.29, 0.717) is 18.5 Å². The van der Waals surface area contributed by atoms with Crippen LogP contribution in [-0.2, 0) is 11.2 Å². The summed E-state index contributed by atoms with van der Waals surface area (Å²) in [5, 5.41) is 0. The van der Waals surface area contributed by atoms with E-state index in [0.717, 1.165) is 24.9 Å². The van der Waals surface area contributed by atoms with Crippen molar-refractivity contribution in [2.24, 2.45) is 0 Å². The molecule has 27 heavy (non-hydrogen) atoms. The monoisotopic (exact) mass is 387 g/mol. The molecule has 1 saturated heterocycles. The minimum absolute atomic E-state index is 0.0844. The molecule has 0 saturated carbocycles. The van der Waals surface area contributed by atoms with E-state index in [2.05, 4.69) is 4.90 Å². The molecule has 7 heteroatoms. The third-order valence-electron chi connectivity index (χ3n) is 5.07. The SMILES string of the molecule is COc1cc2c(c(F)c1OCC(F)F)CCN1CC(OC(C)(C)C)CCC21. The van der Waals surface area contributed by atoms with Gasteiger partial charge in [-0.15, -0.1) is 0 Å². The topological polar surface area (TPSA) is 30.9 Å². The maximum atomic E-state index is 15.0. The van der Waals surface area contributed by atoms with E-state index >= 15 is 4.39 Å². The number of alkyl halides is 2. The van der Waals surface area contributed by atoms with Crippen LogP contribution in [0.15, 0.2) is 6.07 Å². The van der Waals surface area contributed by atoms with Crippen LogP contribution < -0.4 is 9.47 Å². The van der Waals surface area contributed by atoms with E-state index in [4.69, 9.17) is 14.2 Å². The van der Waals surface area contributed by atoms with Gasteiger partial charge in [-0.2, -0.15) is 0 Å². The largest absolute Gasteiger partial charge is 0.493 e. The maximum Gasteiger partial charge on any atom is 0.272 e. The summed E-state index contributed by atoms with van der Waals surface area (Å²) < 4.78 is 56.4. The van der Waals surface area contributed by atoms with E-state index in [1.54, 1.807) is 6.07 Å². The fourth-order valence-electron chi connectivity index (χ4n) is 4.11. The van der Waals surface area contributed by atoms with Crippen molar-refractivity contribution in [3.8, 4) is 11.5 Å². The average molecular weight is 387 g/mol. The molecule has 1 fully saturated rings. The van der Waals surface area contributed by atoms with Gasteiger partial charge in [-0.1, -0.05) is 0 Å². The first kappa shape index (κ1) is 20.3. The molecule has 0 aliphatic carbocycles. The molecule has 4 nitrogen and oxygen atoms in total. The van der Waals surface area contributed by atoms with Crippen LogP contribution in [0.1, 0.15) is 50.8 Å². The molecule has 2 heterocycles.